The second-order valence-electron chi connectivity index (χ2n) is 5.21. The van der Waals surface area contributed by atoms with Gasteiger partial charge in [0, 0.05) is 41.2 Å². The Labute approximate surface area is 132 Å². The molecule has 0 aliphatic rings. The lowest BCUT2D eigenvalue weighted by molar-refractivity contribution is -0.120. The number of hydrogen-bond donors (Lipinski definition) is 2. The zero-order chi connectivity index (χ0) is 15.5. The third-order valence-electron chi connectivity index (χ3n) is 3.46. The van der Waals surface area contributed by atoms with Crippen molar-refractivity contribution in [1.29, 1.82) is 0 Å². The van der Waals surface area contributed by atoms with E-state index in [9.17, 15) is 4.79 Å². The highest BCUT2D eigenvalue weighted by Gasteiger charge is 2.09. The molecule has 2 N–H and O–H groups in total. The molecule has 0 aliphatic carbocycles. The molecule has 2 heterocycles. The maximum Gasteiger partial charge on any atom is 0.224 e. The molecular formula is C16H16ClN3O2. The van der Waals surface area contributed by atoms with E-state index in [1.807, 2.05) is 37.4 Å². The lowest BCUT2D eigenvalue weighted by atomic mass is 10.1. The second kappa shape index (κ2) is 6.23. The van der Waals surface area contributed by atoms with Crippen molar-refractivity contribution < 1.29 is 9.32 Å². The van der Waals surface area contributed by atoms with Gasteiger partial charge in [0.25, 0.3) is 0 Å². The van der Waals surface area contributed by atoms with Gasteiger partial charge in [0.2, 0.25) is 5.91 Å². The van der Waals surface area contributed by atoms with Gasteiger partial charge in [-0.3, -0.25) is 4.79 Å². The molecule has 0 fully saturated rings. The quantitative estimate of drug-likeness (QED) is 0.760. The Morgan fingerprint density at radius 1 is 1.41 bits per heavy atom. The predicted molar refractivity (Wildman–Crippen MR) is 85.0 cm³/mol. The zero-order valence-electron chi connectivity index (χ0n) is 12.1. The summed E-state index contributed by atoms with van der Waals surface area (Å²) < 4.78 is 4.99. The van der Waals surface area contributed by atoms with E-state index in [-0.39, 0.29) is 5.91 Å². The number of aromatic amines is 1. The summed E-state index contributed by atoms with van der Waals surface area (Å²) in [7, 11) is 0. The molecule has 6 heteroatoms. The minimum atomic E-state index is -0.0268. The Morgan fingerprint density at radius 2 is 2.27 bits per heavy atom. The molecule has 1 aromatic carbocycles. The molecule has 0 saturated heterocycles. The van der Waals surface area contributed by atoms with Crippen molar-refractivity contribution in [2.75, 3.05) is 6.54 Å². The number of hydrogen-bond acceptors (Lipinski definition) is 3. The number of rotatable bonds is 5. The lowest BCUT2D eigenvalue weighted by Crippen LogP contribution is -2.27. The summed E-state index contributed by atoms with van der Waals surface area (Å²) in [5, 5.41) is 8.43. The summed E-state index contributed by atoms with van der Waals surface area (Å²) in [6.45, 7) is 2.38. The average molecular weight is 318 g/mol. The summed E-state index contributed by atoms with van der Waals surface area (Å²) >= 11 is 6.01. The number of amides is 1. The maximum atomic E-state index is 12.0. The number of nitrogens with zero attached hydrogens (tertiary/aromatic N) is 1. The molecule has 0 radical (unpaired) electrons. The summed E-state index contributed by atoms with van der Waals surface area (Å²) in [5.41, 5.74) is 2.76. The lowest BCUT2D eigenvalue weighted by Gasteiger charge is -2.03. The van der Waals surface area contributed by atoms with E-state index in [4.69, 9.17) is 16.1 Å². The van der Waals surface area contributed by atoms with Gasteiger partial charge in [-0.1, -0.05) is 16.8 Å². The van der Waals surface area contributed by atoms with Gasteiger partial charge in [0.15, 0.2) is 0 Å². The van der Waals surface area contributed by atoms with Crippen molar-refractivity contribution in [2.24, 2.45) is 0 Å². The third kappa shape index (κ3) is 3.31. The first kappa shape index (κ1) is 14.7. The Balaban J connectivity index is 1.57. The van der Waals surface area contributed by atoms with Gasteiger partial charge in [0.05, 0.1) is 12.1 Å². The van der Waals surface area contributed by atoms with Crippen LogP contribution in [0.15, 0.2) is 35.0 Å². The summed E-state index contributed by atoms with van der Waals surface area (Å²) in [6.07, 6.45) is 2.82. The van der Waals surface area contributed by atoms with Crippen LogP contribution >= 0.6 is 11.6 Å². The molecule has 0 saturated carbocycles. The SMILES string of the molecule is Cc1cc(CCNC(=O)Cc2c[nH]c3ccc(Cl)cc23)no1. The van der Waals surface area contributed by atoms with Crippen LogP contribution in [0, 0.1) is 6.92 Å². The summed E-state index contributed by atoms with van der Waals surface area (Å²) in [6, 6.07) is 7.47. The van der Waals surface area contributed by atoms with E-state index in [1.54, 1.807) is 0 Å². The van der Waals surface area contributed by atoms with Gasteiger partial charge in [-0.05, 0) is 30.7 Å². The molecule has 22 heavy (non-hydrogen) atoms. The first-order valence-electron chi connectivity index (χ1n) is 7.06. The van der Waals surface area contributed by atoms with E-state index >= 15 is 0 Å². The monoisotopic (exact) mass is 317 g/mol. The summed E-state index contributed by atoms with van der Waals surface area (Å²) in [5.74, 6) is 0.748. The first-order valence-corrected chi connectivity index (χ1v) is 7.44. The van der Waals surface area contributed by atoms with Crippen molar-refractivity contribution in [1.82, 2.24) is 15.5 Å². The van der Waals surface area contributed by atoms with Crippen molar-refractivity contribution in [3.05, 3.63) is 52.5 Å². The largest absolute Gasteiger partial charge is 0.361 e. The van der Waals surface area contributed by atoms with Crippen LogP contribution in [0.2, 0.25) is 5.02 Å². The molecule has 3 aromatic rings. The Morgan fingerprint density at radius 3 is 3.05 bits per heavy atom. The highest BCUT2D eigenvalue weighted by molar-refractivity contribution is 6.31. The number of carbonyl (C=O) groups is 1. The first-order chi connectivity index (χ1) is 10.6. The second-order valence-corrected chi connectivity index (χ2v) is 5.65. The minimum absolute atomic E-state index is 0.0268. The molecule has 0 atom stereocenters. The number of halogens is 1. The van der Waals surface area contributed by atoms with Crippen LogP contribution in [0.4, 0.5) is 0 Å². The fraction of sp³-hybridized carbons (Fsp3) is 0.250. The fourth-order valence-electron chi connectivity index (χ4n) is 2.40. The van der Waals surface area contributed by atoms with Gasteiger partial charge < -0.3 is 14.8 Å². The third-order valence-corrected chi connectivity index (χ3v) is 3.70. The Kier molecular flexibility index (Phi) is 4.15. The Bertz CT molecular complexity index is 807. The molecule has 0 unspecified atom stereocenters. The molecule has 0 spiro atoms. The molecule has 3 rings (SSSR count). The normalized spacial score (nSPS) is 11.0. The molecule has 0 bridgehead atoms. The number of carbonyl (C=O) groups excluding carboxylic acids is 1. The van der Waals surface area contributed by atoms with E-state index in [2.05, 4.69) is 15.5 Å². The van der Waals surface area contributed by atoms with Crippen LogP contribution in [0.5, 0.6) is 0 Å². The number of fused-ring (bicyclic) bond motifs is 1. The number of benzene rings is 1. The van der Waals surface area contributed by atoms with Crippen LogP contribution in [-0.4, -0.2) is 22.6 Å². The van der Waals surface area contributed by atoms with Gasteiger partial charge in [-0.2, -0.15) is 0 Å². The number of nitrogens with one attached hydrogen (secondary N) is 2. The smallest absolute Gasteiger partial charge is 0.224 e. The number of aromatic nitrogens is 2. The molecule has 0 aliphatic heterocycles. The molecule has 2 aromatic heterocycles. The van der Waals surface area contributed by atoms with Crippen LogP contribution in [-0.2, 0) is 17.6 Å². The number of H-pyrrole nitrogens is 1. The van der Waals surface area contributed by atoms with E-state index in [1.165, 1.54) is 0 Å². The van der Waals surface area contributed by atoms with Gasteiger partial charge in [-0.15, -0.1) is 0 Å². The van der Waals surface area contributed by atoms with Gasteiger partial charge in [0.1, 0.15) is 5.76 Å². The maximum absolute atomic E-state index is 12.0. The standard InChI is InChI=1S/C16H16ClN3O2/c1-10-6-13(20-22-10)4-5-18-16(21)7-11-9-19-15-3-2-12(17)8-14(11)15/h2-3,6,8-9,19H,4-5,7H2,1H3,(H,18,21). The van der Waals surface area contributed by atoms with E-state index in [0.29, 0.717) is 24.4 Å². The van der Waals surface area contributed by atoms with E-state index in [0.717, 1.165) is 27.9 Å². The fourth-order valence-corrected chi connectivity index (χ4v) is 2.57. The van der Waals surface area contributed by atoms with E-state index < -0.39 is 0 Å². The van der Waals surface area contributed by atoms with Crippen LogP contribution < -0.4 is 5.32 Å². The predicted octanol–water partition coefficient (Wildman–Crippen LogP) is 3.02. The highest BCUT2D eigenvalue weighted by atomic mass is 35.5. The topological polar surface area (TPSA) is 70.9 Å². The Hall–Kier alpha value is -2.27. The van der Waals surface area contributed by atoms with Crippen molar-refractivity contribution >= 4 is 28.4 Å². The average Bonchev–Trinajstić information content (AvgIpc) is 3.06. The highest BCUT2D eigenvalue weighted by Crippen LogP contribution is 2.22. The zero-order valence-corrected chi connectivity index (χ0v) is 12.9. The molecule has 1 amide bonds. The van der Waals surface area contributed by atoms with Crippen LogP contribution in [0.3, 0.4) is 0 Å². The van der Waals surface area contributed by atoms with Gasteiger partial charge in [-0.25, -0.2) is 0 Å². The van der Waals surface area contributed by atoms with Crippen molar-refractivity contribution in [3.63, 3.8) is 0 Å². The number of aryl methyl sites for hydroxylation is 1. The van der Waals surface area contributed by atoms with Gasteiger partial charge >= 0.3 is 0 Å². The van der Waals surface area contributed by atoms with Crippen molar-refractivity contribution in [2.45, 2.75) is 19.8 Å². The molecule has 5 nitrogen and oxygen atoms in total. The summed E-state index contributed by atoms with van der Waals surface area (Å²) in [4.78, 5) is 15.2. The molecule has 114 valence electrons. The minimum Gasteiger partial charge on any atom is -0.361 e. The van der Waals surface area contributed by atoms with Crippen LogP contribution in [0.1, 0.15) is 17.0 Å². The molecular weight excluding hydrogens is 302 g/mol. The van der Waals surface area contributed by atoms with Crippen LogP contribution in [0.25, 0.3) is 10.9 Å². The van der Waals surface area contributed by atoms with Crippen molar-refractivity contribution in [3.8, 4) is 0 Å².